The number of rotatable bonds is 11. The molecular formula is C28H35N5O4. The quantitative estimate of drug-likeness (QED) is 0.466. The minimum atomic E-state index is -0.459. The molecule has 2 aliphatic heterocycles. The summed E-state index contributed by atoms with van der Waals surface area (Å²) in [5, 5.41) is 8.89. The molecule has 2 amide bonds. The zero-order valence-electron chi connectivity index (χ0n) is 21.3. The normalized spacial score (nSPS) is 19.7. The van der Waals surface area contributed by atoms with Crippen molar-refractivity contribution >= 4 is 11.8 Å². The average Bonchev–Trinajstić information content (AvgIpc) is 2.89. The number of fused-ring (bicyclic) bond motifs is 2. The molecule has 2 fully saturated rings. The number of nitrogens with two attached hydrogens (primary N) is 1. The van der Waals surface area contributed by atoms with E-state index >= 15 is 0 Å². The number of nitrogens with zero attached hydrogens (tertiary/aromatic N) is 4. The molecule has 196 valence electrons. The second kappa shape index (κ2) is 12.7. The lowest BCUT2D eigenvalue weighted by atomic mass is 10.1. The van der Waals surface area contributed by atoms with Gasteiger partial charge in [-0.1, -0.05) is 24.3 Å². The standard InChI is InChI=1S/C28H35N5O4/c1-21(34)24-6-2-22(3-7-24)10-11-31-17-26-19-32(20-27(18-31)37-26)12-13-33(28(30)35)14-15-36-25-8-4-23(16-29)5-9-25/h2-9,26-27H,10-15,17-20H2,1H3,(H2,30,35). The summed E-state index contributed by atoms with van der Waals surface area (Å²) in [5.41, 5.74) is 8.17. The van der Waals surface area contributed by atoms with Crippen LogP contribution in [0.4, 0.5) is 4.79 Å². The number of ether oxygens (including phenoxy) is 2. The number of ketones is 1. The zero-order valence-corrected chi connectivity index (χ0v) is 21.3. The summed E-state index contributed by atoms with van der Waals surface area (Å²) in [5.74, 6) is 0.745. The minimum absolute atomic E-state index is 0.0903. The van der Waals surface area contributed by atoms with E-state index in [0.717, 1.165) is 51.3 Å². The van der Waals surface area contributed by atoms with Crippen LogP contribution in [0.1, 0.15) is 28.4 Å². The van der Waals surface area contributed by atoms with Gasteiger partial charge < -0.3 is 20.1 Å². The van der Waals surface area contributed by atoms with E-state index < -0.39 is 6.03 Å². The lowest BCUT2D eigenvalue weighted by Crippen LogP contribution is -2.60. The van der Waals surface area contributed by atoms with E-state index in [0.29, 0.717) is 31.0 Å². The van der Waals surface area contributed by atoms with Gasteiger partial charge in [-0.25, -0.2) is 4.79 Å². The number of amides is 2. The van der Waals surface area contributed by atoms with E-state index in [-0.39, 0.29) is 18.0 Å². The molecule has 2 aromatic carbocycles. The third kappa shape index (κ3) is 7.76. The van der Waals surface area contributed by atoms with E-state index in [1.54, 1.807) is 36.1 Å². The number of Topliss-reactive ketones (excluding diaryl/α,β-unsaturated/α-hetero) is 1. The van der Waals surface area contributed by atoms with E-state index in [4.69, 9.17) is 20.5 Å². The largest absolute Gasteiger partial charge is 0.492 e. The van der Waals surface area contributed by atoms with E-state index in [1.807, 2.05) is 24.3 Å². The highest BCUT2D eigenvalue weighted by Gasteiger charge is 2.34. The molecule has 0 aliphatic carbocycles. The molecule has 0 saturated carbocycles. The molecule has 37 heavy (non-hydrogen) atoms. The van der Waals surface area contributed by atoms with Crippen molar-refractivity contribution in [3.63, 3.8) is 0 Å². The van der Waals surface area contributed by atoms with Gasteiger partial charge in [-0.2, -0.15) is 5.26 Å². The summed E-state index contributed by atoms with van der Waals surface area (Å²) >= 11 is 0. The van der Waals surface area contributed by atoms with Gasteiger partial charge in [0.25, 0.3) is 0 Å². The molecule has 2 bridgehead atoms. The summed E-state index contributed by atoms with van der Waals surface area (Å²) in [6.45, 7) is 7.97. The zero-order chi connectivity index (χ0) is 26.2. The Morgan fingerprint density at radius 1 is 1.00 bits per heavy atom. The summed E-state index contributed by atoms with van der Waals surface area (Å²) < 4.78 is 11.9. The molecule has 9 nitrogen and oxygen atoms in total. The highest BCUT2D eigenvalue weighted by Crippen LogP contribution is 2.20. The van der Waals surface area contributed by atoms with Gasteiger partial charge in [0.15, 0.2) is 5.78 Å². The topological polar surface area (TPSA) is 112 Å². The van der Waals surface area contributed by atoms with Gasteiger partial charge in [0, 0.05) is 51.4 Å². The Morgan fingerprint density at radius 2 is 1.62 bits per heavy atom. The van der Waals surface area contributed by atoms with Gasteiger partial charge >= 0.3 is 6.03 Å². The van der Waals surface area contributed by atoms with E-state index in [9.17, 15) is 9.59 Å². The second-order valence-electron chi connectivity index (χ2n) is 9.71. The Kier molecular flexibility index (Phi) is 9.12. The predicted octanol–water partition coefficient (Wildman–Crippen LogP) is 2.15. The van der Waals surface area contributed by atoms with Crippen molar-refractivity contribution in [3.8, 4) is 11.8 Å². The van der Waals surface area contributed by atoms with Crippen LogP contribution in [0.2, 0.25) is 0 Å². The predicted molar refractivity (Wildman–Crippen MR) is 139 cm³/mol. The summed E-state index contributed by atoms with van der Waals surface area (Å²) in [6.07, 6.45) is 1.24. The molecule has 2 heterocycles. The number of carbonyl (C=O) groups is 2. The first-order valence-electron chi connectivity index (χ1n) is 12.8. The monoisotopic (exact) mass is 505 g/mol. The van der Waals surface area contributed by atoms with Crippen molar-refractivity contribution < 1.29 is 19.1 Å². The fraction of sp³-hybridized carbons (Fsp3) is 0.464. The molecule has 9 heteroatoms. The molecule has 0 aromatic heterocycles. The smallest absolute Gasteiger partial charge is 0.314 e. The highest BCUT2D eigenvalue weighted by atomic mass is 16.5. The van der Waals surface area contributed by atoms with Crippen LogP contribution in [-0.4, -0.2) is 97.7 Å². The molecule has 0 radical (unpaired) electrons. The number of morpholine rings is 2. The van der Waals surface area contributed by atoms with Crippen LogP contribution in [-0.2, 0) is 11.2 Å². The molecule has 0 spiro atoms. The first-order chi connectivity index (χ1) is 17.9. The first kappa shape index (κ1) is 26.6. The van der Waals surface area contributed by atoms with Crippen LogP contribution in [0.25, 0.3) is 0 Å². The number of benzene rings is 2. The maximum absolute atomic E-state index is 12.0. The van der Waals surface area contributed by atoms with Gasteiger partial charge in [0.2, 0.25) is 0 Å². The molecule has 2 N–H and O–H groups in total. The lowest BCUT2D eigenvalue weighted by Gasteiger charge is -2.46. The number of hydrogen-bond acceptors (Lipinski definition) is 7. The Labute approximate surface area is 218 Å². The van der Waals surface area contributed by atoms with Crippen molar-refractivity contribution in [1.29, 1.82) is 5.26 Å². The first-order valence-corrected chi connectivity index (χ1v) is 12.8. The summed E-state index contributed by atoms with van der Waals surface area (Å²) in [6, 6.07) is 16.4. The van der Waals surface area contributed by atoms with Crippen molar-refractivity contribution in [2.45, 2.75) is 25.6 Å². The Bertz CT molecular complexity index is 1090. The van der Waals surface area contributed by atoms with Gasteiger partial charge in [-0.3, -0.25) is 14.6 Å². The number of hydrogen-bond donors (Lipinski definition) is 1. The molecule has 2 aliphatic rings. The van der Waals surface area contributed by atoms with Crippen LogP contribution in [0.15, 0.2) is 48.5 Å². The number of primary amides is 1. The summed E-state index contributed by atoms with van der Waals surface area (Å²) in [7, 11) is 0. The SMILES string of the molecule is CC(=O)c1ccc(CCN2CC3CN(CCN(CCOc4ccc(C#N)cc4)C(N)=O)CC(C2)O3)cc1. The molecule has 2 saturated heterocycles. The maximum atomic E-state index is 12.0. The third-order valence-corrected chi connectivity index (χ3v) is 6.92. The van der Waals surface area contributed by atoms with E-state index in [1.165, 1.54) is 5.56 Å². The molecule has 2 atom stereocenters. The number of carbonyl (C=O) groups excluding carboxylic acids is 2. The number of nitriles is 1. The fourth-order valence-electron chi connectivity index (χ4n) is 4.91. The average molecular weight is 506 g/mol. The van der Waals surface area contributed by atoms with E-state index in [2.05, 4.69) is 15.9 Å². The van der Waals surface area contributed by atoms with Crippen LogP contribution in [0.5, 0.6) is 5.75 Å². The Morgan fingerprint density at radius 3 is 2.19 bits per heavy atom. The maximum Gasteiger partial charge on any atom is 0.314 e. The van der Waals surface area contributed by atoms with Crippen LogP contribution in [0, 0.1) is 11.3 Å². The third-order valence-electron chi connectivity index (χ3n) is 6.92. The molecule has 4 rings (SSSR count). The Hall–Kier alpha value is -3.45. The van der Waals surface area contributed by atoms with Gasteiger partial charge in [-0.05, 0) is 43.2 Å². The van der Waals surface area contributed by atoms with Crippen LogP contribution in [0.3, 0.4) is 0 Å². The van der Waals surface area contributed by atoms with Crippen LogP contribution >= 0.6 is 0 Å². The van der Waals surface area contributed by atoms with Crippen molar-refractivity contribution in [2.24, 2.45) is 5.73 Å². The second-order valence-corrected chi connectivity index (χ2v) is 9.71. The van der Waals surface area contributed by atoms with Gasteiger partial charge in [0.1, 0.15) is 12.4 Å². The minimum Gasteiger partial charge on any atom is -0.492 e. The van der Waals surface area contributed by atoms with Gasteiger partial charge in [0.05, 0.1) is 30.4 Å². The van der Waals surface area contributed by atoms with Crippen molar-refractivity contribution in [1.82, 2.24) is 14.7 Å². The van der Waals surface area contributed by atoms with Crippen molar-refractivity contribution in [2.75, 3.05) is 59.0 Å². The molecule has 2 aromatic rings. The fourth-order valence-corrected chi connectivity index (χ4v) is 4.91. The van der Waals surface area contributed by atoms with Crippen LogP contribution < -0.4 is 10.5 Å². The molecule has 2 unspecified atom stereocenters. The number of urea groups is 1. The van der Waals surface area contributed by atoms with Crippen molar-refractivity contribution in [3.05, 3.63) is 65.2 Å². The Balaban J connectivity index is 1.18. The molecular weight excluding hydrogens is 470 g/mol. The summed E-state index contributed by atoms with van der Waals surface area (Å²) in [4.78, 5) is 29.9. The van der Waals surface area contributed by atoms with Gasteiger partial charge in [-0.15, -0.1) is 0 Å². The lowest BCUT2D eigenvalue weighted by molar-refractivity contribution is -0.138. The highest BCUT2D eigenvalue weighted by molar-refractivity contribution is 5.94.